The SMILES string of the molecule is Oc1c(C2C(O)C(C=C3N(Cc4ccccc4)c4ccccc4C3(Cc3ccccc3)Cc3ccccc3)C2O)c(C(F)(F)F)nn1-c1ccccc1. The second-order valence-electron chi connectivity index (χ2n) is 14.0. The molecule has 0 amide bonds. The number of hydrogen-bond donors (Lipinski definition) is 3. The number of alkyl halides is 3. The molecule has 2 heterocycles. The zero-order valence-corrected chi connectivity index (χ0v) is 28.7. The highest BCUT2D eigenvalue weighted by Gasteiger charge is 2.56. The van der Waals surface area contributed by atoms with Gasteiger partial charge in [0.1, 0.15) is 0 Å². The highest BCUT2D eigenvalue weighted by molar-refractivity contribution is 5.72. The quantitative estimate of drug-likeness (QED) is 0.140. The third-order valence-electron chi connectivity index (χ3n) is 10.7. The second kappa shape index (κ2) is 13.7. The summed E-state index contributed by atoms with van der Waals surface area (Å²) in [6, 6.07) is 46.5. The van der Waals surface area contributed by atoms with E-state index in [-0.39, 0.29) is 5.69 Å². The number of rotatable bonds is 9. The molecule has 0 radical (unpaired) electrons. The molecular weight excluding hydrogens is 675 g/mol. The average molecular weight is 714 g/mol. The number of aliphatic hydroxyl groups excluding tert-OH is 2. The van der Waals surface area contributed by atoms with Gasteiger partial charge >= 0.3 is 6.18 Å². The summed E-state index contributed by atoms with van der Waals surface area (Å²) in [5, 5.41) is 38.7. The first-order valence-corrected chi connectivity index (χ1v) is 17.7. The fourth-order valence-corrected chi connectivity index (χ4v) is 8.29. The van der Waals surface area contributed by atoms with Crippen molar-refractivity contribution in [2.45, 2.75) is 49.1 Å². The number of allylic oxidation sites excluding steroid dienone is 1. The number of aliphatic hydroxyl groups is 2. The highest BCUT2D eigenvalue weighted by atomic mass is 19.4. The van der Waals surface area contributed by atoms with Crippen molar-refractivity contribution in [2.75, 3.05) is 4.90 Å². The van der Waals surface area contributed by atoms with Gasteiger partial charge in [-0.2, -0.15) is 18.3 Å². The molecule has 2 aliphatic rings. The fraction of sp³-hybridized carbons (Fsp3) is 0.205. The van der Waals surface area contributed by atoms with Crippen LogP contribution in [0.1, 0.15) is 39.4 Å². The molecule has 0 spiro atoms. The Kier molecular flexibility index (Phi) is 8.92. The summed E-state index contributed by atoms with van der Waals surface area (Å²) in [5.41, 5.74) is 3.71. The molecule has 8 rings (SSSR count). The molecule has 6 aromatic rings. The molecule has 268 valence electrons. The van der Waals surface area contributed by atoms with Gasteiger partial charge in [0.05, 0.1) is 23.5 Å². The Bertz CT molecular complexity index is 2170. The summed E-state index contributed by atoms with van der Waals surface area (Å²) in [6.07, 6.45) is -4.81. The summed E-state index contributed by atoms with van der Waals surface area (Å²) >= 11 is 0. The van der Waals surface area contributed by atoms with Crippen molar-refractivity contribution in [3.8, 4) is 11.6 Å². The predicted octanol–water partition coefficient (Wildman–Crippen LogP) is 8.36. The molecule has 5 aromatic carbocycles. The van der Waals surface area contributed by atoms with Crippen molar-refractivity contribution < 1.29 is 28.5 Å². The largest absolute Gasteiger partial charge is 0.493 e. The topological polar surface area (TPSA) is 81.8 Å². The Labute approximate surface area is 305 Å². The molecule has 0 bridgehead atoms. The van der Waals surface area contributed by atoms with Gasteiger partial charge in [0.2, 0.25) is 5.88 Å². The van der Waals surface area contributed by atoms with E-state index >= 15 is 0 Å². The van der Waals surface area contributed by atoms with E-state index in [1.54, 1.807) is 18.2 Å². The molecule has 2 atom stereocenters. The molecule has 9 heteroatoms. The van der Waals surface area contributed by atoms with E-state index in [1.807, 2.05) is 84.9 Å². The van der Waals surface area contributed by atoms with Crippen LogP contribution in [0.5, 0.6) is 5.88 Å². The summed E-state index contributed by atoms with van der Waals surface area (Å²) in [5.74, 6) is -3.15. The average Bonchev–Trinajstić information content (AvgIpc) is 3.63. The smallest absolute Gasteiger partial charge is 0.435 e. The zero-order valence-electron chi connectivity index (χ0n) is 28.7. The molecule has 1 saturated carbocycles. The molecule has 1 aliphatic carbocycles. The Morgan fingerprint density at radius 1 is 0.660 bits per heavy atom. The van der Waals surface area contributed by atoms with E-state index in [0.29, 0.717) is 19.4 Å². The standard InChI is InChI=1S/C44H38F3N3O3/c45-44(46,47)41-38(42(53)50(48-41)32-21-11-4-12-22-32)37-39(51)33(40(37)52)25-36-43(26-29-15-5-1-6-16-29,27-30-17-7-2-8-18-30)34-23-13-14-24-35(34)49(36)28-31-19-9-3-10-20-31/h1-25,33,37,39-40,51-53H,26-28H2. The van der Waals surface area contributed by atoms with E-state index in [4.69, 9.17) is 0 Å². The van der Waals surface area contributed by atoms with Crippen molar-refractivity contribution in [3.05, 3.63) is 191 Å². The Morgan fingerprint density at radius 2 is 1.15 bits per heavy atom. The van der Waals surface area contributed by atoms with E-state index in [2.05, 4.69) is 46.4 Å². The van der Waals surface area contributed by atoms with Gasteiger partial charge < -0.3 is 20.2 Å². The van der Waals surface area contributed by atoms with E-state index in [9.17, 15) is 28.5 Å². The third-order valence-corrected chi connectivity index (χ3v) is 10.7. The van der Waals surface area contributed by atoms with Crippen molar-refractivity contribution in [3.63, 3.8) is 0 Å². The molecule has 1 aliphatic heterocycles. The minimum atomic E-state index is -4.95. The molecule has 6 nitrogen and oxygen atoms in total. The van der Waals surface area contributed by atoms with Gasteiger partial charge in [0, 0.05) is 35.2 Å². The Balaban J connectivity index is 1.28. The molecule has 1 aromatic heterocycles. The molecule has 3 N–H and O–H groups in total. The maximum atomic E-state index is 14.5. The number of hydrogen-bond acceptors (Lipinski definition) is 5. The zero-order chi connectivity index (χ0) is 36.7. The van der Waals surface area contributed by atoms with Crippen LogP contribution in [0.25, 0.3) is 5.69 Å². The number of para-hydroxylation sites is 2. The van der Waals surface area contributed by atoms with Crippen LogP contribution in [-0.4, -0.2) is 37.3 Å². The summed E-state index contributed by atoms with van der Waals surface area (Å²) in [6.45, 7) is 0.486. The van der Waals surface area contributed by atoms with Gasteiger partial charge in [-0.15, -0.1) is 0 Å². The maximum absolute atomic E-state index is 14.5. The highest BCUT2D eigenvalue weighted by Crippen LogP contribution is 2.56. The first kappa shape index (κ1) is 34.4. The van der Waals surface area contributed by atoms with Crippen molar-refractivity contribution >= 4 is 5.69 Å². The number of aromatic nitrogens is 2. The molecule has 2 unspecified atom stereocenters. The van der Waals surface area contributed by atoms with Crippen LogP contribution in [0.2, 0.25) is 0 Å². The normalized spacial score (nSPS) is 21.4. The number of aromatic hydroxyl groups is 1. The van der Waals surface area contributed by atoms with Gasteiger partial charge in [0.25, 0.3) is 0 Å². The first-order valence-electron chi connectivity index (χ1n) is 17.7. The van der Waals surface area contributed by atoms with E-state index in [1.165, 1.54) is 12.1 Å². The van der Waals surface area contributed by atoms with Crippen LogP contribution in [0, 0.1) is 5.92 Å². The lowest BCUT2D eigenvalue weighted by molar-refractivity contribution is -0.145. The summed E-state index contributed by atoms with van der Waals surface area (Å²) in [7, 11) is 0. The number of benzene rings is 5. The Hall–Kier alpha value is -5.64. The lowest BCUT2D eigenvalue weighted by atomic mass is 9.63. The van der Waals surface area contributed by atoms with Crippen molar-refractivity contribution in [1.29, 1.82) is 0 Å². The van der Waals surface area contributed by atoms with Crippen molar-refractivity contribution in [2.24, 2.45) is 5.92 Å². The second-order valence-corrected chi connectivity index (χ2v) is 14.0. The monoisotopic (exact) mass is 713 g/mol. The van der Waals surface area contributed by atoms with E-state index in [0.717, 1.165) is 38.3 Å². The molecule has 0 saturated heterocycles. The summed E-state index contributed by atoms with van der Waals surface area (Å²) < 4.78 is 44.4. The van der Waals surface area contributed by atoms with Crippen LogP contribution in [0.4, 0.5) is 18.9 Å². The fourth-order valence-electron chi connectivity index (χ4n) is 8.29. The van der Waals surface area contributed by atoms with Crippen molar-refractivity contribution in [1.82, 2.24) is 9.78 Å². The minimum Gasteiger partial charge on any atom is -0.493 e. The van der Waals surface area contributed by atoms with Crippen LogP contribution >= 0.6 is 0 Å². The van der Waals surface area contributed by atoms with Gasteiger partial charge in [-0.3, -0.25) is 0 Å². The lowest BCUT2D eigenvalue weighted by Crippen LogP contribution is -2.53. The van der Waals surface area contributed by atoms with Gasteiger partial charge in [-0.1, -0.05) is 133 Å². The number of nitrogens with zero attached hydrogens (tertiary/aromatic N) is 3. The van der Waals surface area contributed by atoms with Gasteiger partial charge in [-0.25, -0.2) is 4.68 Å². The molecular formula is C44H38F3N3O3. The predicted molar refractivity (Wildman–Crippen MR) is 198 cm³/mol. The number of halogens is 3. The van der Waals surface area contributed by atoms with Crippen LogP contribution in [-0.2, 0) is 31.0 Å². The van der Waals surface area contributed by atoms with Crippen LogP contribution in [0.15, 0.2) is 157 Å². The maximum Gasteiger partial charge on any atom is 0.435 e. The van der Waals surface area contributed by atoms with Crippen LogP contribution in [0.3, 0.4) is 0 Å². The third kappa shape index (κ3) is 6.19. The van der Waals surface area contributed by atoms with Crippen LogP contribution < -0.4 is 4.90 Å². The lowest BCUT2D eigenvalue weighted by Gasteiger charge is -2.46. The molecule has 53 heavy (non-hydrogen) atoms. The minimum absolute atomic E-state index is 0.218. The first-order chi connectivity index (χ1) is 25.7. The molecule has 1 fully saturated rings. The Morgan fingerprint density at radius 3 is 1.70 bits per heavy atom. The van der Waals surface area contributed by atoms with Gasteiger partial charge in [0.15, 0.2) is 5.69 Å². The number of fused-ring (bicyclic) bond motifs is 1. The van der Waals surface area contributed by atoms with Gasteiger partial charge in [-0.05, 0) is 53.3 Å². The summed E-state index contributed by atoms with van der Waals surface area (Å²) in [4.78, 5) is 2.22. The van der Waals surface area contributed by atoms with E-state index < -0.39 is 52.8 Å². The number of anilines is 1.